The smallest absolute Gasteiger partial charge is 0.325 e. The number of nitrogens with zero attached hydrogens (tertiary/aromatic N) is 1. The molecule has 1 heterocycles. The molecular weight excluding hydrogens is 262 g/mol. The van der Waals surface area contributed by atoms with Gasteiger partial charge in [0.25, 0.3) is 5.56 Å². The first-order valence-electron chi connectivity index (χ1n) is 6.41. The molecule has 0 radical (unpaired) electrons. The largest absolute Gasteiger partial charge is 0.468 e. The van der Waals surface area contributed by atoms with Gasteiger partial charge in [0.05, 0.1) is 20.1 Å². The van der Waals surface area contributed by atoms with Crippen LogP contribution < -0.4 is 5.56 Å². The maximum Gasteiger partial charge on any atom is 0.325 e. The van der Waals surface area contributed by atoms with Crippen molar-refractivity contribution < 1.29 is 19.1 Å². The Bertz CT molecular complexity index is 547. The molecule has 1 aromatic heterocycles. The van der Waals surface area contributed by atoms with Crippen LogP contribution in [0.15, 0.2) is 16.9 Å². The third-order valence-electron chi connectivity index (χ3n) is 2.86. The van der Waals surface area contributed by atoms with Gasteiger partial charge in [-0.25, -0.2) is 0 Å². The molecule has 0 aliphatic carbocycles. The Morgan fingerprint density at radius 1 is 1.25 bits per heavy atom. The molecule has 0 saturated heterocycles. The molecule has 6 nitrogen and oxygen atoms in total. The second-order valence-corrected chi connectivity index (χ2v) is 4.28. The number of aryl methyl sites for hydroxylation is 2. The number of hydrogen-bond acceptors (Lipinski definition) is 5. The SMILES string of the molecule is CCOC(=O)CCc1ccc(C)c(=O)n1CC(=O)OC. The molecule has 0 amide bonds. The van der Waals surface area contributed by atoms with Gasteiger partial charge < -0.3 is 14.0 Å². The molecule has 0 aliphatic heterocycles. The first kappa shape index (κ1) is 15.9. The Morgan fingerprint density at radius 3 is 2.55 bits per heavy atom. The van der Waals surface area contributed by atoms with Crippen molar-refractivity contribution in [3.05, 3.63) is 33.7 Å². The van der Waals surface area contributed by atoms with Gasteiger partial charge in [0.2, 0.25) is 0 Å². The lowest BCUT2D eigenvalue weighted by molar-refractivity contribution is -0.143. The van der Waals surface area contributed by atoms with Crippen LogP contribution in [-0.4, -0.2) is 30.2 Å². The molecule has 0 saturated carbocycles. The zero-order chi connectivity index (χ0) is 15.1. The van der Waals surface area contributed by atoms with Crippen LogP contribution >= 0.6 is 0 Å². The van der Waals surface area contributed by atoms with E-state index in [-0.39, 0.29) is 24.5 Å². The van der Waals surface area contributed by atoms with Crippen molar-refractivity contribution in [2.75, 3.05) is 13.7 Å². The molecule has 20 heavy (non-hydrogen) atoms. The monoisotopic (exact) mass is 281 g/mol. The van der Waals surface area contributed by atoms with Crippen LogP contribution in [0, 0.1) is 6.92 Å². The summed E-state index contributed by atoms with van der Waals surface area (Å²) in [6, 6.07) is 3.41. The zero-order valence-electron chi connectivity index (χ0n) is 12.0. The Labute approximate surface area is 117 Å². The number of methoxy groups -OCH3 is 1. The lowest BCUT2D eigenvalue weighted by Crippen LogP contribution is -2.29. The number of hydrogen-bond donors (Lipinski definition) is 0. The van der Waals surface area contributed by atoms with Crippen molar-refractivity contribution in [1.29, 1.82) is 0 Å². The molecule has 0 fully saturated rings. The van der Waals surface area contributed by atoms with E-state index in [1.807, 2.05) is 0 Å². The van der Waals surface area contributed by atoms with Crippen LogP contribution in [0.25, 0.3) is 0 Å². The van der Waals surface area contributed by atoms with E-state index in [1.54, 1.807) is 26.0 Å². The number of rotatable bonds is 6. The highest BCUT2D eigenvalue weighted by Crippen LogP contribution is 2.05. The van der Waals surface area contributed by atoms with Crippen molar-refractivity contribution in [1.82, 2.24) is 4.57 Å². The fourth-order valence-corrected chi connectivity index (χ4v) is 1.77. The van der Waals surface area contributed by atoms with E-state index in [1.165, 1.54) is 11.7 Å². The fourth-order valence-electron chi connectivity index (χ4n) is 1.77. The molecule has 0 aromatic carbocycles. The molecule has 0 N–H and O–H groups in total. The Hall–Kier alpha value is -2.11. The van der Waals surface area contributed by atoms with Crippen molar-refractivity contribution in [3.8, 4) is 0 Å². The van der Waals surface area contributed by atoms with Crippen LogP contribution in [0.4, 0.5) is 0 Å². The van der Waals surface area contributed by atoms with E-state index in [9.17, 15) is 14.4 Å². The van der Waals surface area contributed by atoms with E-state index >= 15 is 0 Å². The molecule has 0 bridgehead atoms. The van der Waals surface area contributed by atoms with E-state index in [4.69, 9.17) is 4.74 Å². The summed E-state index contributed by atoms with van der Waals surface area (Å²) in [6.07, 6.45) is 0.503. The third kappa shape index (κ3) is 4.22. The molecule has 110 valence electrons. The quantitative estimate of drug-likeness (QED) is 0.722. The molecule has 6 heteroatoms. The number of carbonyl (C=O) groups excluding carboxylic acids is 2. The minimum atomic E-state index is -0.505. The van der Waals surface area contributed by atoms with Crippen LogP contribution in [0.3, 0.4) is 0 Å². The van der Waals surface area contributed by atoms with Crippen molar-refractivity contribution in [2.24, 2.45) is 0 Å². The summed E-state index contributed by atoms with van der Waals surface area (Å²) in [4.78, 5) is 34.8. The normalized spacial score (nSPS) is 10.2. The third-order valence-corrected chi connectivity index (χ3v) is 2.86. The first-order valence-corrected chi connectivity index (χ1v) is 6.41. The molecule has 1 rings (SSSR count). The molecule has 0 atom stereocenters. The number of esters is 2. The van der Waals surface area contributed by atoms with Gasteiger partial charge in [-0.1, -0.05) is 6.07 Å². The average Bonchev–Trinajstić information content (AvgIpc) is 2.43. The van der Waals surface area contributed by atoms with Gasteiger partial charge in [0.1, 0.15) is 6.54 Å². The average molecular weight is 281 g/mol. The Morgan fingerprint density at radius 2 is 1.95 bits per heavy atom. The van der Waals surface area contributed by atoms with Gasteiger partial charge in [0.15, 0.2) is 0 Å². The molecule has 1 aromatic rings. The maximum absolute atomic E-state index is 12.1. The topological polar surface area (TPSA) is 74.6 Å². The van der Waals surface area contributed by atoms with Gasteiger partial charge in [-0.3, -0.25) is 14.4 Å². The molecule has 0 spiro atoms. The Kier molecular flexibility index (Phi) is 5.96. The van der Waals surface area contributed by atoms with Gasteiger partial charge in [0, 0.05) is 11.3 Å². The predicted molar refractivity (Wildman–Crippen MR) is 72.4 cm³/mol. The highest BCUT2D eigenvalue weighted by Gasteiger charge is 2.12. The van der Waals surface area contributed by atoms with Gasteiger partial charge in [-0.05, 0) is 26.3 Å². The highest BCUT2D eigenvalue weighted by atomic mass is 16.5. The number of carbonyl (C=O) groups is 2. The summed E-state index contributed by atoms with van der Waals surface area (Å²) in [5.74, 6) is -0.833. The van der Waals surface area contributed by atoms with E-state index in [0.717, 1.165) is 0 Å². The van der Waals surface area contributed by atoms with Crippen molar-refractivity contribution >= 4 is 11.9 Å². The summed E-state index contributed by atoms with van der Waals surface area (Å²) >= 11 is 0. The van der Waals surface area contributed by atoms with E-state index in [2.05, 4.69) is 4.74 Å². The minimum Gasteiger partial charge on any atom is -0.468 e. The highest BCUT2D eigenvalue weighted by molar-refractivity contribution is 5.70. The van der Waals surface area contributed by atoms with Crippen LogP contribution in [0.5, 0.6) is 0 Å². The summed E-state index contributed by atoms with van der Waals surface area (Å²) < 4.78 is 10.8. The zero-order valence-corrected chi connectivity index (χ0v) is 12.0. The van der Waals surface area contributed by atoms with Crippen LogP contribution in [0.2, 0.25) is 0 Å². The number of ether oxygens (including phenoxy) is 2. The molecular formula is C14H19NO5. The van der Waals surface area contributed by atoms with Crippen LogP contribution in [-0.2, 0) is 32.0 Å². The summed E-state index contributed by atoms with van der Waals surface area (Å²) in [5.41, 5.74) is 0.893. The standard InChI is InChI=1S/C14H19NO5/c1-4-20-12(16)8-7-11-6-5-10(2)14(18)15(11)9-13(17)19-3/h5-6H,4,7-9H2,1-3H3. The maximum atomic E-state index is 12.1. The van der Waals surface area contributed by atoms with Gasteiger partial charge in [-0.15, -0.1) is 0 Å². The second kappa shape index (κ2) is 7.47. The van der Waals surface area contributed by atoms with E-state index < -0.39 is 5.97 Å². The fraction of sp³-hybridized carbons (Fsp3) is 0.500. The minimum absolute atomic E-state index is 0.158. The first-order chi connectivity index (χ1) is 9.49. The summed E-state index contributed by atoms with van der Waals surface area (Å²) in [5, 5.41) is 0. The predicted octanol–water partition coefficient (Wildman–Crippen LogP) is 0.825. The van der Waals surface area contributed by atoms with Crippen LogP contribution in [0.1, 0.15) is 24.6 Å². The lowest BCUT2D eigenvalue weighted by atomic mass is 10.2. The van der Waals surface area contributed by atoms with E-state index in [0.29, 0.717) is 24.3 Å². The summed E-state index contributed by atoms with van der Waals surface area (Å²) in [6.45, 7) is 3.57. The van der Waals surface area contributed by atoms with Crippen molar-refractivity contribution in [3.63, 3.8) is 0 Å². The molecule has 0 aliphatic rings. The van der Waals surface area contributed by atoms with Crippen molar-refractivity contribution in [2.45, 2.75) is 33.2 Å². The van der Waals surface area contributed by atoms with Gasteiger partial charge >= 0.3 is 11.9 Å². The molecule has 0 unspecified atom stereocenters. The number of aromatic nitrogens is 1. The summed E-state index contributed by atoms with van der Waals surface area (Å²) in [7, 11) is 1.27. The second-order valence-electron chi connectivity index (χ2n) is 4.28. The Balaban J connectivity index is 2.94. The lowest BCUT2D eigenvalue weighted by Gasteiger charge is -2.12. The number of pyridine rings is 1. The van der Waals surface area contributed by atoms with Gasteiger partial charge in [-0.2, -0.15) is 0 Å².